The Kier molecular flexibility index (Phi) is 9.38. The van der Waals surface area contributed by atoms with Crippen LogP contribution >= 0.6 is 11.6 Å². The number of ether oxygens (including phenoxy) is 2. The molecule has 1 saturated heterocycles. The molecule has 198 valence electrons. The minimum absolute atomic E-state index is 0.0698. The average Bonchev–Trinajstić information content (AvgIpc) is 3.38. The normalized spacial score (nSPS) is 17.9. The summed E-state index contributed by atoms with van der Waals surface area (Å²) in [6, 6.07) is 14.5. The van der Waals surface area contributed by atoms with E-state index in [4.69, 9.17) is 26.2 Å². The van der Waals surface area contributed by atoms with Gasteiger partial charge in [-0.25, -0.2) is 9.80 Å². The lowest BCUT2D eigenvalue weighted by Gasteiger charge is -2.31. The SMILES string of the molecule is CCNC(=O)N(CCN1CCOCC1)CC(=O)N1N=C(c2ccc(OC)cc2)C[C@H]1c1ccc(Cl)cc1. The number of halogens is 1. The van der Waals surface area contributed by atoms with Crippen LogP contribution in [-0.2, 0) is 9.53 Å². The van der Waals surface area contributed by atoms with Gasteiger partial charge in [-0.1, -0.05) is 23.7 Å². The van der Waals surface area contributed by atoms with E-state index in [2.05, 4.69) is 10.2 Å². The molecule has 0 aromatic heterocycles. The number of nitrogens with one attached hydrogen (secondary N) is 1. The van der Waals surface area contributed by atoms with Gasteiger partial charge in [0.1, 0.15) is 12.3 Å². The van der Waals surface area contributed by atoms with Gasteiger partial charge in [0.2, 0.25) is 0 Å². The number of rotatable bonds is 9. The molecule has 2 heterocycles. The van der Waals surface area contributed by atoms with E-state index in [1.165, 1.54) is 5.01 Å². The van der Waals surface area contributed by atoms with Crippen molar-refractivity contribution in [2.24, 2.45) is 5.10 Å². The van der Waals surface area contributed by atoms with Crippen molar-refractivity contribution in [1.29, 1.82) is 0 Å². The highest BCUT2D eigenvalue weighted by Crippen LogP contribution is 2.33. The predicted molar refractivity (Wildman–Crippen MR) is 143 cm³/mol. The fourth-order valence-electron chi connectivity index (χ4n) is 4.48. The maximum atomic E-state index is 13.7. The van der Waals surface area contributed by atoms with Crippen molar-refractivity contribution in [1.82, 2.24) is 20.1 Å². The lowest BCUT2D eigenvalue weighted by Crippen LogP contribution is -2.49. The van der Waals surface area contributed by atoms with Crippen LogP contribution < -0.4 is 10.1 Å². The third-order valence-electron chi connectivity index (χ3n) is 6.58. The summed E-state index contributed by atoms with van der Waals surface area (Å²) in [7, 11) is 1.62. The molecule has 1 fully saturated rings. The second-order valence-corrected chi connectivity index (χ2v) is 9.43. The van der Waals surface area contributed by atoms with Gasteiger partial charge in [-0.3, -0.25) is 9.69 Å². The number of urea groups is 1. The van der Waals surface area contributed by atoms with Crippen molar-refractivity contribution in [3.05, 3.63) is 64.7 Å². The number of carbonyl (C=O) groups excluding carboxylic acids is 2. The predicted octanol–water partition coefficient (Wildman–Crippen LogP) is 3.39. The number of hydrogen-bond acceptors (Lipinski definition) is 6. The van der Waals surface area contributed by atoms with Gasteiger partial charge < -0.3 is 19.7 Å². The number of morpholine rings is 1. The molecule has 4 rings (SSSR count). The highest BCUT2D eigenvalue weighted by Gasteiger charge is 2.34. The number of hydrogen-bond donors (Lipinski definition) is 1. The average molecular weight is 528 g/mol. The van der Waals surface area contributed by atoms with Crippen molar-refractivity contribution in [2.75, 3.05) is 59.6 Å². The maximum Gasteiger partial charge on any atom is 0.317 e. The molecule has 0 radical (unpaired) electrons. The molecule has 0 unspecified atom stereocenters. The molecular formula is C27H34ClN5O4. The maximum absolute atomic E-state index is 13.7. The first-order chi connectivity index (χ1) is 18.0. The van der Waals surface area contributed by atoms with Crippen LogP contribution in [0, 0.1) is 0 Å². The van der Waals surface area contributed by atoms with E-state index in [-0.39, 0.29) is 24.5 Å². The molecule has 9 nitrogen and oxygen atoms in total. The number of nitrogens with zero attached hydrogens (tertiary/aromatic N) is 4. The van der Waals surface area contributed by atoms with Gasteiger partial charge in [-0.15, -0.1) is 0 Å². The molecule has 2 aromatic rings. The Hall–Kier alpha value is -3.14. The van der Waals surface area contributed by atoms with E-state index in [0.29, 0.717) is 44.3 Å². The van der Waals surface area contributed by atoms with Gasteiger partial charge in [0, 0.05) is 44.2 Å². The Bertz CT molecular complexity index is 1090. The van der Waals surface area contributed by atoms with Crippen LogP contribution in [0.3, 0.4) is 0 Å². The summed E-state index contributed by atoms with van der Waals surface area (Å²) in [5.74, 6) is 0.513. The Balaban J connectivity index is 1.54. The third-order valence-corrected chi connectivity index (χ3v) is 6.83. The highest BCUT2D eigenvalue weighted by atomic mass is 35.5. The van der Waals surface area contributed by atoms with E-state index in [9.17, 15) is 9.59 Å². The van der Waals surface area contributed by atoms with E-state index in [1.807, 2.05) is 55.5 Å². The summed E-state index contributed by atoms with van der Waals surface area (Å²) in [6.07, 6.45) is 0.550. The molecular weight excluding hydrogens is 494 g/mol. The Labute approximate surface area is 222 Å². The van der Waals surface area contributed by atoms with Crippen LogP contribution in [0.25, 0.3) is 0 Å². The van der Waals surface area contributed by atoms with Crippen molar-refractivity contribution >= 4 is 29.3 Å². The van der Waals surface area contributed by atoms with Gasteiger partial charge in [-0.2, -0.15) is 5.10 Å². The van der Waals surface area contributed by atoms with E-state index < -0.39 is 0 Å². The van der Waals surface area contributed by atoms with E-state index in [1.54, 1.807) is 12.0 Å². The van der Waals surface area contributed by atoms with Crippen LogP contribution in [-0.4, -0.2) is 92.1 Å². The molecule has 0 bridgehead atoms. The van der Waals surface area contributed by atoms with Gasteiger partial charge in [0.05, 0.1) is 32.1 Å². The Morgan fingerprint density at radius 1 is 1.14 bits per heavy atom. The lowest BCUT2D eigenvalue weighted by molar-refractivity contribution is -0.133. The molecule has 37 heavy (non-hydrogen) atoms. The van der Waals surface area contributed by atoms with Crippen molar-refractivity contribution in [3.8, 4) is 5.75 Å². The Morgan fingerprint density at radius 3 is 2.49 bits per heavy atom. The third kappa shape index (κ3) is 7.00. The van der Waals surface area contributed by atoms with Crippen molar-refractivity contribution < 1.29 is 19.1 Å². The van der Waals surface area contributed by atoms with Gasteiger partial charge >= 0.3 is 6.03 Å². The smallest absolute Gasteiger partial charge is 0.317 e. The van der Waals surface area contributed by atoms with Gasteiger partial charge in [0.15, 0.2) is 0 Å². The molecule has 2 aliphatic heterocycles. The topological polar surface area (TPSA) is 86.7 Å². The van der Waals surface area contributed by atoms with Crippen LogP contribution in [0.15, 0.2) is 53.6 Å². The quantitative estimate of drug-likeness (QED) is 0.540. The summed E-state index contributed by atoms with van der Waals surface area (Å²) in [5, 5.41) is 9.72. The molecule has 2 aromatic carbocycles. The molecule has 0 saturated carbocycles. The second kappa shape index (κ2) is 12.9. The first-order valence-corrected chi connectivity index (χ1v) is 13.0. The first-order valence-electron chi connectivity index (χ1n) is 12.6. The molecule has 0 aliphatic carbocycles. The van der Waals surface area contributed by atoms with Crippen molar-refractivity contribution in [3.63, 3.8) is 0 Å². The molecule has 10 heteroatoms. The van der Waals surface area contributed by atoms with Crippen LogP contribution in [0.4, 0.5) is 4.79 Å². The summed E-state index contributed by atoms with van der Waals surface area (Å²) >= 11 is 6.12. The van der Waals surface area contributed by atoms with E-state index >= 15 is 0 Å². The highest BCUT2D eigenvalue weighted by molar-refractivity contribution is 6.30. The van der Waals surface area contributed by atoms with E-state index in [0.717, 1.165) is 35.7 Å². The van der Waals surface area contributed by atoms with Crippen LogP contribution in [0.1, 0.15) is 30.5 Å². The Morgan fingerprint density at radius 2 is 1.84 bits per heavy atom. The van der Waals surface area contributed by atoms with Crippen molar-refractivity contribution in [2.45, 2.75) is 19.4 Å². The first kappa shape index (κ1) is 26.9. The monoisotopic (exact) mass is 527 g/mol. The number of methoxy groups -OCH3 is 1. The molecule has 1 N–H and O–H groups in total. The molecule has 0 spiro atoms. The zero-order chi connectivity index (χ0) is 26.2. The van der Waals surface area contributed by atoms with Crippen LogP contribution in [0.2, 0.25) is 5.02 Å². The van der Waals surface area contributed by atoms with Crippen LogP contribution in [0.5, 0.6) is 5.75 Å². The second-order valence-electron chi connectivity index (χ2n) is 9.00. The number of benzene rings is 2. The fourth-order valence-corrected chi connectivity index (χ4v) is 4.61. The summed E-state index contributed by atoms with van der Waals surface area (Å²) < 4.78 is 10.7. The molecule has 1 atom stereocenters. The molecule has 3 amide bonds. The summed E-state index contributed by atoms with van der Waals surface area (Å²) in [4.78, 5) is 30.3. The number of carbonyl (C=O) groups is 2. The standard InChI is InChI=1S/C27H34ClN5O4/c1-3-29-27(35)32(13-12-31-14-16-37-17-15-31)19-26(34)33-25(21-4-8-22(28)9-5-21)18-24(30-33)20-6-10-23(36-2)11-7-20/h4-11,25H,3,12-19H2,1-2H3,(H,29,35)/t25-/m0/s1. The lowest BCUT2D eigenvalue weighted by atomic mass is 9.98. The van der Waals surface area contributed by atoms with Gasteiger partial charge in [-0.05, 0) is 54.4 Å². The minimum Gasteiger partial charge on any atom is -0.497 e. The molecule has 2 aliphatic rings. The zero-order valence-corrected chi connectivity index (χ0v) is 22.1. The number of amides is 3. The minimum atomic E-state index is -0.294. The number of hydrazone groups is 1. The van der Waals surface area contributed by atoms with Gasteiger partial charge in [0.25, 0.3) is 5.91 Å². The zero-order valence-electron chi connectivity index (χ0n) is 21.4. The summed E-state index contributed by atoms with van der Waals surface area (Å²) in [5.41, 5.74) is 2.65. The fraction of sp³-hybridized carbons (Fsp3) is 0.444. The largest absolute Gasteiger partial charge is 0.497 e. The summed E-state index contributed by atoms with van der Waals surface area (Å²) in [6.45, 7) is 6.38.